The van der Waals surface area contributed by atoms with E-state index in [1.165, 1.54) is 28.5 Å². The number of aliphatic imine (C=N–C) groups is 1. The number of aromatic nitrogens is 1. The van der Waals surface area contributed by atoms with Crippen LogP contribution in [0.4, 0.5) is 5.69 Å². The first kappa shape index (κ1) is 20.2. The van der Waals surface area contributed by atoms with E-state index in [2.05, 4.69) is 79.8 Å². The minimum absolute atomic E-state index is 0.108. The van der Waals surface area contributed by atoms with Crippen molar-refractivity contribution in [1.82, 2.24) is 9.88 Å². The second-order valence-electron chi connectivity index (χ2n) is 7.75. The van der Waals surface area contributed by atoms with Gasteiger partial charge < -0.3 is 9.88 Å². The summed E-state index contributed by atoms with van der Waals surface area (Å²) < 4.78 is 2.22. The van der Waals surface area contributed by atoms with Crippen molar-refractivity contribution in [2.75, 3.05) is 0 Å². The molecule has 2 aromatic carbocycles. The van der Waals surface area contributed by atoms with Crippen molar-refractivity contribution < 1.29 is 4.79 Å². The highest BCUT2D eigenvalue weighted by molar-refractivity contribution is 8.18. The maximum absolute atomic E-state index is 12.5. The molecule has 1 fully saturated rings. The van der Waals surface area contributed by atoms with Crippen molar-refractivity contribution in [1.29, 1.82) is 0 Å². The molecular formula is C25H25N3OS. The average Bonchev–Trinajstić information content (AvgIpc) is 3.17. The van der Waals surface area contributed by atoms with Gasteiger partial charge in [-0.3, -0.25) is 4.79 Å². The topological polar surface area (TPSA) is 46.4 Å². The number of amides is 1. The van der Waals surface area contributed by atoms with Crippen molar-refractivity contribution >= 4 is 34.6 Å². The number of amidine groups is 1. The quantitative estimate of drug-likeness (QED) is 0.541. The van der Waals surface area contributed by atoms with E-state index in [1.807, 2.05) is 24.3 Å². The lowest BCUT2D eigenvalue weighted by Gasteiger charge is -2.10. The Hall–Kier alpha value is -3.05. The summed E-state index contributed by atoms with van der Waals surface area (Å²) in [6, 6.07) is 16.6. The first-order valence-corrected chi connectivity index (χ1v) is 10.8. The number of carbonyl (C=O) groups is 1. The summed E-state index contributed by atoms with van der Waals surface area (Å²) in [5.41, 5.74) is 8.90. The van der Waals surface area contributed by atoms with E-state index in [-0.39, 0.29) is 5.91 Å². The first-order valence-electron chi connectivity index (χ1n) is 9.94. The van der Waals surface area contributed by atoms with Crippen LogP contribution < -0.4 is 5.32 Å². The van der Waals surface area contributed by atoms with Gasteiger partial charge in [0.25, 0.3) is 5.91 Å². The van der Waals surface area contributed by atoms with Crippen LogP contribution in [0.1, 0.15) is 33.6 Å². The molecule has 0 aliphatic carbocycles. The highest BCUT2D eigenvalue weighted by Gasteiger charge is 2.24. The van der Waals surface area contributed by atoms with Crippen LogP contribution in [-0.2, 0) is 4.79 Å². The second kappa shape index (κ2) is 8.00. The molecular weight excluding hydrogens is 390 g/mol. The molecule has 3 aromatic rings. The normalized spacial score (nSPS) is 16.5. The Labute approximate surface area is 181 Å². The molecule has 30 heavy (non-hydrogen) atoms. The average molecular weight is 416 g/mol. The van der Waals surface area contributed by atoms with Gasteiger partial charge in [-0.2, -0.15) is 0 Å². The van der Waals surface area contributed by atoms with Gasteiger partial charge in [-0.15, -0.1) is 0 Å². The molecule has 5 heteroatoms. The van der Waals surface area contributed by atoms with Crippen LogP contribution in [0.25, 0.3) is 11.8 Å². The Morgan fingerprint density at radius 1 is 0.967 bits per heavy atom. The molecule has 0 atom stereocenters. The third kappa shape index (κ3) is 3.98. The van der Waals surface area contributed by atoms with Gasteiger partial charge in [0.2, 0.25) is 0 Å². The number of nitrogens with zero attached hydrogens (tertiary/aromatic N) is 2. The van der Waals surface area contributed by atoms with Crippen molar-refractivity contribution in [3.8, 4) is 5.69 Å². The lowest BCUT2D eigenvalue weighted by Crippen LogP contribution is -2.19. The molecule has 1 saturated heterocycles. The second-order valence-corrected chi connectivity index (χ2v) is 8.78. The Morgan fingerprint density at radius 2 is 1.77 bits per heavy atom. The molecule has 1 N–H and O–H groups in total. The Morgan fingerprint density at radius 3 is 2.50 bits per heavy atom. The first-order chi connectivity index (χ1) is 14.3. The molecule has 0 radical (unpaired) electrons. The summed E-state index contributed by atoms with van der Waals surface area (Å²) in [5, 5.41) is 3.50. The van der Waals surface area contributed by atoms with E-state index in [1.54, 1.807) is 0 Å². The van der Waals surface area contributed by atoms with Crippen molar-refractivity contribution in [3.05, 3.63) is 87.1 Å². The van der Waals surface area contributed by atoms with E-state index in [9.17, 15) is 4.79 Å². The van der Waals surface area contributed by atoms with Crippen LogP contribution in [0.2, 0.25) is 0 Å². The molecule has 0 saturated carbocycles. The number of hydrogen-bond donors (Lipinski definition) is 1. The summed E-state index contributed by atoms with van der Waals surface area (Å²) in [5.74, 6) is -0.108. The molecule has 152 valence electrons. The molecule has 1 aliphatic rings. The van der Waals surface area contributed by atoms with Gasteiger partial charge in [-0.1, -0.05) is 18.2 Å². The van der Waals surface area contributed by atoms with Gasteiger partial charge >= 0.3 is 0 Å². The zero-order valence-corrected chi connectivity index (χ0v) is 18.7. The predicted octanol–water partition coefficient (Wildman–Crippen LogP) is 5.91. The van der Waals surface area contributed by atoms with Gasteiger partial charge in [0.1, 0.15) is 0 Å². The maximum Gasteiger partial charge on any atom is 0.264 e. The fourth-order valence-electron chi connectivity index (χ4n) is 3.63. The number of carbonyl (C=O) groups excluding carboxylic acids is 1. The highest BCUT2D eigenvalue weighted by Crippen LogP contribution is 2.31. The van der Waals surface area contributed by atoms with Crippen LogP contribution in [-0.4, -0.2) is 15.6 Å². The minimum atomic E-state index is -0.108. The van der Waals surface area contributed by atoms with Gasteiger partial charge in [0.05, 0.1) is 10.6 Å². The van der Waals surface area contributed by atoms with Crippen molar-refractivity contribution in [3.63, 3.8) is 0 Å². The summed E-state index contributed by atoms with van der Waals surface area (Å²) in [4.78, 5) is 17.8. The number of rotatable bonds is 3. The smallest absolute Gasteiger partial charge is 0.264 e. The molecule has 0 spiro atoms. The van der Waals surface area contributed by atoms with E-state index in [0.29, 0.717) is 10.1 Å². The number of benzene rings is 2. The zero-order chi connectivity index (χ0) is 21.4. The lowest BCUT2D eigenvalue weighted by atomic mass is 10.1. The van der Waals surface area contributed by atoms with Gasteiger partial charge in [-0.05, 0) is 105 Å². The molecule has 1 amide bonds. The van der Waals surface area contributed by atoms with Crippen molar-refractivity contribution in [2.45, 2.75) is 34.6 Å². The van der Waals surface area contributed by atoms with Gasteiger partial charge in [-0.25, -0.2) is 4.99 Å². The van der Waals surface area contributed by atoms with Crippen LogP contribution in [0.5, 0.6) is 0 Å². The van der Waals surface area contributed by atoms with Crippen LogP contribution >= 0.6 is 11.8 Å². The fourth-order valence-corrected chi connectivity index (χ4v) is 4.46. The number of thioether (sulfide) groups is 1. The fraction of sp³-hybridized carbons (Fsp3) is 0.200. The molecule has 4 nitrogen and oxygen atoms in total. The van der Waals surface area contributed by atoms with Crippen LogP contribution in [0.15, 0.2) is 58.4 Å². The Kier molecular flexibility index (Phi) is 5.39. The third-order valence-electron chi connectivity index (χ3n) is 5.39. The standard InChI is InChI=1S/C25H25N3OS/c1-15-7-6-8-22(11-15)28-18(4)13-20(19(28)5)14-23-24(29)27-25(30-23)26-21-10-9-16(2)17(3)12-21/h6-14H,1-5H3,(H,26,27,29)/b23-14-. The van der Waals surface area contributed by atoms with E-state index in [4.69, 9.17) is 0 Å². The van der Waals surface area contributed by atoms with Crippen LogP contribution in [0.3, 0.4) is 0 Å². The Bertz CT molecular complexity index is 1220. The largest absolute Gasteiger partial charge is 0.318 e. The SMILES string of the molecule is Cc1cccc(-n2c(C)cc(/C=C3\SC(=Nc4ccc(C)c(C)c4)NC3=O)c2C)c1. The molecule has 2 heterocycles. The van der Waals surface area contributed by atoms with Gasteiger partial charge in [0.15, 0.2) is 5.17 Å². The summed E-state index contributed by atoms with van der Waals surface area (Å²) in [7, 11) is 0. The van der Waals surface area contributed by atoms with E-state index >= 15 is 0 Å². The molecule has 4 rings (SSSR count). The third-order valence-corrected chi connectivity index (χ3v) is 6.30. The van der Waals surface area contributed by atoms with Gasteiger partial charge in [0, 0.05) is 17.1 Å². The predicted molar refractivity (Wildman–Crippen MR) is 127 cm³/mol. The lowest BCUT2D eigenvalue weighted by molar-refractivity contribution is -0.115. The molecule has 1 aromatic heterocycles. The Balaban J connectivity index is 1.64. The monoisotopic (exact) mass is 415 g/mol. The summed E-state index contributed by atoms with van der Waals surface area (Å²) in [6.45, 7) is 10.4. The number of nitrogens with one attached hydrogen (secondary N) is 1. The van der Waals surface area contributed by atoms with Crippen molar-refractivity contribution in [2.24, 2.45) is 4.99 Å². The number of aryl methyl sites for hydroxylation is 4. The highest BCUT2D eigenvalue weighted by atomic mass is 32.2. The number of hydrogen-bond acceptors (Lipinski definition) is 3. The summed E-state index contributed by atoms with van der Waals surface area (Å²) >= 11 is 1.38. The molecule has 0 bridgehead atoms. The minimum Gasteiger partial charge on any atom is -0.318 e. The van der Waals surface area contributed by atoms with E-state index < -0.39 is 0 Å². The van der Waals surface area contributed by atoms with Crippen LogP contribution in [0, 0.1) is 34.6 Å². The molecule has 0 unspecified atom stereocenters. The summed E-state index contributed by atoms with van der Waals surface area (Å²) in [6.07, 6.45) is 1.96. The maximum atomic E-state index is 12.5. The van der Waals surface area contributed by atoms with E-state index in [0.717, 1.165) is 28.3 Å². The molecule has 1 aliphatic heterocycles. The zero-order valence-electron chi connectivity index (χ0n) is 17.9.